The molecule has 61 heavy (non-hydrogen) atoms. The summed E-state index contributed by atoms with van der Waals surface area (Å²) < 4.78 is 12.4. The van der Waals surface area contributed by atoms with Crippen LogP contribution in [0.5, 0.6) is 0 Å². The van der Waals surface area contributed by atoms with Gasteiger partial charge in [-0.1, -0.05) is 162 Å². The van der Waals surface area contributed by atoms with Gasteiger partial charge < -0.3 is 14.2 Å². The number of para-hydroxylation sites is 1. The zero-order valence-corrected chi connectivity index (χ0v) is 36.3. The highest BCUT2D eigenvalue weighted by Gasteiger charge is 2.14. The van der Waals surface area contributed by atoms with E-state index >= 15 is 0 Å². The summed E-state index contributed by atoms with van der Waals surface area (Å²) in [6.07, 6.45) is 18.9. The number of fused-ring (bicyclic) bond motifs is 4. The average molecular weight is 800 g/mol. The normalized spacial score (nSPS) is 13.0. The smallest absolute Gasteiger partial charge is 0.135 e. The van der Waals surface area contributed by atoms with Gasteiger partial charge in [-0.3, -0.25) is 0 Å². The van der Waals surface area contributed by atoms with Crippen LogP contribution < -0.4 is 5.32 Å². The van der Waals surface area contributed by atoms with Gasteiger partial charge in [-0.15, -0.1) is 0 Å². The minimum Gasteiger partial charge on any atom is -0.461 e. The van der Waals surface area contributed by atoms with E-state index in [-0.39, 0.29) is 0 Å². The van der Waals surface area contributed by atoms with Crippen molar-refractivity contribution in [3.8, 4) is 22.3 Å². The number of nitrogens with one attached hydrogen (secondary N) is 1. The van der Waals surface area contributed by atoms with E-state index in [2.05, 4.69) is 198 Å². The van der Waals surface area contributed by atoms with Crippen LogP contribution in [0.1, 0.15) is 87.0 Å². The molecule has 1 aliphatic carbocycles. The Morgan fingerprint density at radius 2 is 1.34 bits per heavy atom. The van der Waals surface area contributed by atoms with Gasteiger partial charge in [0.1, 0.15) is 22.5 Å². The fourth-order valence-corrected chi connectivity index (χ4v) is 7.91. The Morgan fingerprint density at radius 1 is 0.639 bits per heavy atom. The summed E-state index contributed by atoms with van der Waals surface area (Å²) >= 11 is 0. The number of rotatable bonds is 12. The van der Waals surface area contributed by atoms with Gasteiger partial charge in [0.15, 0.2) is 0 Å². The molecule has 6 aromatic carbocycles. The van der Waals surface area contributed by atoms with E-state index in [0.29, 0.717) is 0 Å². The summed E-state index contributed by atoms with van der Waals surface area (Å²) in [7, 11) is 0. The number of hydrogen-bond donors (Lipinski definition) is 1. The highest BCUT2D eigenvalue weighted by atomic mass is 16.3. The number of benzene rings is 6. The van der Waals surface area contributed by atoms with Crippen molar-refractivity contribution in [3.63, 3.8) is 0 Å². The fourth-order valence-electron chi connectivity index (χ4n) is 7.91. The van der Waals surface area contributed by atoms with Gasteiger partial charge >= 0.3 is 0 Å². The molecule has 0 fully saturated rings. The van der Waals surface area contributed by atoms with Crippen molar-refractivity contribution in [2.75, 3.05) is 0 Å². The Kier molecular flexibility index (Phi) is 13.0. The maximum atomic E-state index is 6.21. The van der Waals surface area contributed by atoms with Crippen molar-refractivity contribution in [1.29, 1.82) is 0 Å². The Labute approximate surface area is 361 Å². The molecule has 306 valence electrons. The predicted molar refractivity (Wildman–Crippen MR) is 261 cm³/mol. The first-order chi connectivity index (χ1) is 29.9. The number of hydrogen-bond acceptors (Lipinski definition) is 3. The molecule has 3 heteroatoms. The molecule has 0 radical (unpaired) electrons. The lowest BCUT2D eigenvalue weighted by Crippen LogP contribution is -2.12. The summed E-state index contributed by atoms with van der Waals surface area (Å²) in [5, 5.41) is 7.22. The standard InChI is InChI=1S/C53H45NO2.C5H12/c1-3-4-20-46-36(2)55-52-27-24-41(33-48(46)52)44-29-38(30-45(32-44)42-25-28-53-49(34-42)47-21-11-12-22-51(47)56-53)23-26-50(54-35-37-14-7-5-8-15-37)43-19-13-18-40(31-43)39-16-9-6-10-17-39;1-4-5(2)3/h4-5,7-9,11-22,24-34,54H,3,6,10,23,35H2,1-2H3;5H,4H2,1-3H3/b20-4-,50-26-;. The van der Waals surface area contributed by atoms with Crippen molar-refractivity contribution < 1.29 is 8.83 Å². The Morgan fingerprint density at radius 3 is 2.07 bits per heavy atom. The van der Waals surface area contributed by atoms with Crippen molar-refractivity contribution in [2.45, 2.75) is 73.3 Å². The van der Waals surface area contributed by atoms with E-state index in [4.69, 9.17) is 8.83 Å². The summed E-state index contributed by atoms with van der Waals surface area (Å²) in [5.74, 6) is 1.83. The molecule has 0 aliphatic heterocycles. The molecular weight excluding hydrogens is 743 g/mol. The van der Waals surface area contributed by atoms with E-state index in [1.165, 1.54) is 45.4 Å². The lowest BCUT2D eigenvalue weighted by molar-refractivity contribution is 0.577. The number of allylic oxidation sites excluding steroid dienone is 6. The molecule has 2 aromatic heterocycles. The SMILES string of the molecule is CC/C=C\c1c(C)oc2ccc(-c3cc(C/C=C(\NCc4ccccc4)c4cccc(C5=CCCC=C5)c4)cc(-c4ccc5oc6ccccc6c5c4)c3)cc12.CCC(C)C. The topological polar surface area (TPSA) is 38.3 Å². The van der Waals surface area contributed by atoms with Crippen molar-refractivity contribution >= 4 is 50.3 Å². The molecule has 0 spiro atoms. The second kappa shape index (κ2) is 19.2. The molecule has 0 atom stereocenters. The van der Waals surface area contributed by atoms with Crippen LogP contribution in [0.15, 0.2) is 173 Å². The van der Waals surface area contributed by atoms with Crippen LogP contribution in [0.25, 0.3) is 72.5 Å². The van der Waals surface area contributed by atoms with Crippen LogP contribution in [0, 0.1) is 12.8 Å². The number of aryl methyl sites for hydroxylation is 1. The maximum Gasteiger partial charge on any atom is 0.135 e. The van der Waals surface area contributed by atoms with Gasteiger partial charge in [-0.25, -0.2) is 0 Å². The zero-order valence-electron chi connectivity index (χ0n) is 36.3. The molecular formula is C58H57NO2. The van der Waals surface area contributed by atoms with Gasteiger partial charge in [0.05, 0.1) is 0 Å². The lowest BCUT2D eigenvalue weighted by Gasteiger charge is -2.15. The molecule has 0 unspecified atom stereocenters. The molecule has 2 heterocycles. The molecule has 9 rings (SSSR count). The summed E-state index contributed by atoms with van der Waals surface area (Å²) in [6.45, 7) is 11.6. The maximum absolute atomic E-state index is 6.21. The minimum atomic E-state index is 0.738. The van der Waals surface area contributed by atoms with E-state index in [1.807, 2.05) is 12.1 Å². The van der Waals surface area contributed by atoms with Gasteiger partial charge in [0, 0.05) is 34.0 Å². The van der Waals surface area contributed by atoms with Crippen LogP contribution in [0.2, 0.25) is 0 Å². The second-order valence-corrected chi connectivity index (χ2v) is 16.5. The van der Waals surface area contributed by atoms with Crippen molar-refractivity contribution in [1.82, 2.24) is 5.32 Å². The van der Waals surface area contributed by atoms with Gasteiger partial charge in [-0.05, 0) is 131 Å². The largest absolute Gasteiger partial charge is 0.461 e. The first-order valence-corrected chi connectivity index (χ1v) is 22.1. The number of furan rings is 2. The fraction of sp³-hybridized carbons (Fsp3) is 0.207. The van der Waals surface area contributed by atoms with Gasteiger partial charge in [0.2, 0.25) is 0 Å². The highest BCUT2D eigenvalue weighted by Crippen LogP contribution is 2.37. The Hall–Kier alpha value is -6.58. The first-order valence-electron chi connectivity index (χ1n) is 22.1. The van der Waals surface area contributed by atoms with E-state index < -0.39 is 0 Å². The predicted octanol–water partition coefficient (Wildman–Crippen LogP) is 16.6. The third kappa shape index (κ3) is 9.74. The van der Waals surface area contributed by atoms with Crippen LogP contribution in [0.3, 0.4) is 0 Å². The average Bonchev–Trinajstić information content (AvgIpc) is 3.84. The van der Waals surface area contributed by atoms with Crippen LogP contribution in [0.4, 0.5) is 0 Å². The van der Waals surface area contributed by atoms with E-state index in [9.17, 15) is 0 Å². The van der Waals surface area contributed by atoms with Crippen LogP contribution >= 0.6 is 0 Å². The van der Waals surface area contributed by atoms with E-state index in [1.54, 1.807) is 0 Å². The Bertz CT molecular complexity index is 2890. The summed E-state index contributed by atoms with van der Waals surface area (Å²) in [5.41, 5.74) is 15.9. The van der Waals surface area contributed by atoms with Crippen molar-refractivity contribution in [3.05, 3.63) is 197 Å². The molecule has 0 bridgehead atoms. The molecule has 0 saturated heterocycles. The summed E-state index contributed by atoms with van der Waals surface area (Å²) in [4.78, 5) is 0. The van der Waals surface area contributed by atoms with Gasteiger partial charge in [0.25, 0.3) is 0 Å². The molecule has 8 aromatic rings. The molecule has 0 amide bonds. The first kappa shape index (κ1) is 41.2. The lowest BCUT2D eigenvalue weighted by atomic mass is 9.93. The third-order valence-electron chi connectivity index (χ3n) is 11.7. The van der Waals surface area contributed by atoms with E-state index in [0.717, 1.165) is 99.2 Å². The van der Waals surface area contributed by atoms with Crippen molar-refractivity contribution in [2.24, 2.45) is 5.92 Å². The van der Waals surface area contributed by atoms with Crippen LogP contribution in [-0.4, -0.2) is 0 Å². The molecule has 1 aliphatic rings. The monoisotopic (exact) mass is 799 g/mol. The quantitative estimate of drug-likeness (QED) is 0.134. The molecule has 3 nitrogen and oxygen atoms in total. The second-order valence-electron chi connectivity index (χ2n) is 16.5. The Balaban J connectivity index is 0.000000973. The van der Waals surface area contributed by atoms with Gasteiger partial charge in [-0.2, -0.15) is 0 Å². The molecule has 1 N–H and O–H groups in total. The summed E-state index contributed by atoms with van der Waals surface area (Å²) in [6, 6.07) is 48.1. The minimum absolute atomic E-state index is 0.738. The third-order valence-corrected chi connectivity index (χ3v) is 11.7. The highest BCUT2D eigenvalue weighted by molar-refractivity contribution is 6.06. The van der Waals surface area contributed by atoms with Crippen LogP contribution in [-0.2, 0) is 13.0 Å². The molecule has 0 saturated carbocycles. The zero-order chi connectivity index (χ0) is 42.1.